The van der Waals surface area contributed by atoms with Gasteiger partial charge in [0.25, 0.3) is 0 Å². The van der Waals surface area contributed by atoms with Gasteiger partial charge in [-0.05, 0) is 41.1 Å². The predicted octanol–water partition coefficient (Wildman–Crippen LogP) is 3.22. The van der Waals surface area contributed by atoms with Gasteiger partial charge in [-0.3, -0.25) is 5.32 Å². The van der Waals surface area contributed by atoms with E-state index in [1.54, 1.807) is 0 Å². The molecule has 0 saturated heterocycles. The van der Waals surface area contributed by atoms with Crippen LogP contribution >= 0.6 is 38.5 Å². The van der Waals surface area contributed by atoms with E-state index in [1.807, 2.05) is 31.3 Å². The van der Waals surface area contributed by atoms with Gasteiger partial charge in [-0.15, -0.1) is 0 Å². The number of nitrogen functional groups attached to an aromatic ring is 2. The van der Waals surface area contributed by atoms with E-state index < -0.39 is 6.04 Å². The number of aliphatic imine (C=N–C) groups is 1. The van der Waals surface area contributed by atoms with E-state index in [9.17, 15) is 5.26 Å². The molecular weight excluding hydrogens is 551 g/mol. The fourth-order valence-corrected chi connectivity index (χ4v) is 4.65. The molecule has 148 valence electrons. The first-order chi connectivity index (χ1) is 13.9. The van der Waals surface area contributed by atoms with Crippen molar-refractivity contribution in [3.63, 3.8) is 0 Å². The highest BCUT2D eigenvalue weighted by molar-refractivity contribution is 14.1. The molecule has 11 heteroatoms. The summed E-state index contributed by atoms with van der Waals surface area (Å²) < 4.78 is 7.71. The first kappa shape index (κ1) is 21.0. The standard InChI is InChI=1S/C18H16BrIN8O/c1-2-3-29-15-9(4-8(19)5-11(15)20)14-12-13(23)10(6-21)16(24)27-17(12)28-18(26-14)25-7-22/h4-5,14H,2-3H2,1H3,(H6,23,24,25,26,27,28). The number of guanidine groups is 1. The number of anilines is 3. The van der Waals surface area contributed by atoms with Crippen molar-refractivity contribution in [2.45, 2.75) is 19.4 Å². The van der Waals surface area contributed by atoms with Crippen LogP contribution in [0, 0.1) is 26.4 Å². The number of benzene rings is 1. The minimum Gasteiger partial charge on any atom is -0.492 e. The summed E-state index contributed by atoms with van der Waals surface area (Å²) in [5, 5.41) is 23.9. The third-order valence-corrected chi connectivity index (χ3v) is 5.40. The number of nitrogens with one attached hydrogen (secondary N) is 2. The molecular formula is C18H16BrIN8O. The molecule has 0 bridgehead atoms. The summed E-state index contributed by atoms with van der Waals surface area (Å²) in [6.07, 6.45) is 2.67. The Morgan fingerprint density at radius 1 is 1.38 bits per heavy atom. The number of hydrogen-bond donors (Lipinski definition) is 4. The summed E-state index contributed by atoms with van der Waals surface area (Å²) in [7, 11) is 0. The van der Waals surface area contributed by atoms with Crippen LogP contribution in [-0.4, -0.2) is 17.6 Å². The molecule has 0 saturated carbocycles. The molecule has 1 unspecified atom stereocenters. The lowest BCUT2D eigenvalue weighted by Crippen LogP contribution is -2.33. The molecule has 6 N–H and O–H groups in total. The SMILES string of the molecule is CCCOc1c(I)cc(Br)cc1C1N=C(NC#N)Nc2nc(N)c(C#N)c(N)c21. The van der Waals surface area contributed by atoms with Crippen LogP contribution in [0.4, 0.5) is 17.3 Å². The average molecular weight is 567 g/mol. The summed E-state index contributed by atoms with van der Waals surface area (Å²) in [6, 6.07) is 5.14. The van der Waals surface area contributed by atoms with Crippen LogP contribution in [0.1, 0.15) is 36.1 Å². The zero-order valence-electron chi connectivity index (χ0n) is 15.3. The molecule has 9 nitrogen and oxygen atoms in total. The predicted molar refractivity (Wildman–Crippen MR) is 122 cm³/mol. The van der Waals surface area contributed by atoms with Gasteiger partial charge in [-0.25, -0.2) is 9.98 Å². The van der Waals surface area contributed by atoms with E-state index in [-0.39, 0.29) is 23.0 Å². The van der Waals surface area contributed by atoms with Crippen molar-refractivity contribution in [2.75, 3.05) is 23.4 Å². The van der Waals surface area contributed by atoms with Crippen LogP contribution in [0.2, 0.25) is 0 Å². The summed E-state index contributed by atoms with van der Waals surface area (Å²) in [4.78, 5) is 8.87. The van der Waals surface area contributed by atoms with Gasteiger partial charge >= 0.3 is 0 Å². The average Bonchev–Trinajstić information content (AvgIpc) is 2.66. The van der Waals surface area contributed by atoms with E-state index in [0.29, 0.717) is 23.7 Å². The second-order valence-electron chi connectivity index (χ2n) is 6.06. The van der Waals surface area contributed by atoms with Gasteiger partial charge in [0.15, 0.2) is 6.19 Å². The van der Waals surface area contributed by atoms with E-state index >= 15 is 0 Å². The van der Waals surface area contributed by atoms with Crippen LogP contribution in [0.5, 0.6) is 5.75 Å². The summed E-state index contributed by atoms with van der Waals surface area (Å²) in [5.41, 5.74) is 13.7. The molecule has 1 aliphatic rings. The van der Waals surface area contributed by atoms with Gasteiger partial charge < -0.3 is 21.5 Å². The maximum absolute atomic E-state index is 9.46. The van der Waals surface area contributed by atoms with Crippen molar-refractivity contribution in [1.82, 2.24) is 10.3 Å². The Labute approximate surface area is 189 Å². The molecule has 1 atom stereocenters. The van der Waals surface area contributed by atoms with Crippen LogP contribution in [0.3, 0.4) is 0 Å². The number of pyridine rings is 1. The first-order valence-corrected chi connectivity index (χ1v) is 10.4. The molecule has 1 aromatic heterocycles. The van der Waals surface area contributed by atoms with Crippen molar-refractivity contribution in [2.24, 2.45) is 4.99 Å². The monoisotopic (exact) mass is 566 g/mol. The molecule has 1 aromatic carbocycles. The number of aromatic nitrogens is 1. The lowest BCUT2D eigenvalue weighted by molar-refractivity contribution is 0.311. The van der Waals surface area contributed by atoms with Gasteiger partial charge in [-0.1, -0.05) is 22.9 Å². The highest BCUT2D eigenvalue weighted by Crippen LogP contribution is 2.45. The Bertz CT molecular complexity index is 1090. The molecule has 0 aliphatic carbocycles. The number of halogens is 2. The second kappa shape index (κ2) is 8.71. The number of nitrogens with zero attached hydrogens (tertiary/aromatic N) is 4. The van der Waals surface area contributed by atoms with E-state index in [4.69, 9.17) is 21.5 Å². The van der Waals surface area contributed by atoms with Crippen molar-refractivity contribution >= 4 is 61.8 Å². The fourth-order valence-electron chi connectivity index (χ4n) is 2.95. The van der Waals surface area contributed by atoms with Gasteiger partial charge in [-0.2, -0.15) is 10.5 Å². The van der Waals surface area contributed by atoms with Crippen LogP contribution in [-0.2, 0) is 0 Å². The molecule has 0 radical (unpaired) electrons. The molecule has 1 aliphatic heterocycles. The van der Waals surface area contributed by atoms with Gasteiger partial charge in [0.05, 0.1) is 15.9 Å². The number of nitriles is 2. The Balaban J connectivity index is 2.30. The third-order valence-electron chi connectivity index (χ3n) is 4.14. The van der Waals surface area contributed by atoms with Gasteiger partial charge in [0.1, 0.15) is 35.1 Å². The molecule has 0 spiro atoms. The number of ether oxygens (including phenoxy) is 1. The third kappa shape index (κ3) is 4.02. The van der Waals surface area contributed by atoms with Gasteiger partial charge in [0, 0.05) is 15.6 Å². The normalized spacial score (nSPS) is 14.7. The molecule has 3 rings (SSSR count). The molecule has 0 amide bonds. The van der Waals surface area contributed by atoms with Crippen LogP contribution in [0.15, 0.2) is 21.6 Å². The Morgan fingerprint density at radius 3 is 2.79 bits per heavy atom. The highest BCUT2D eigenvalue weighted by atomic mass is 127. The van der Waals surface area contributed by atoms with Crippen LogP contribution < -0.4 is 26.8 Å². The number of hydrogen-bond acceptors (Lipinski definition) is 9. The van der Waals surface area contributed by atoms with Crippen molar-refractivity contribution in [3.05, 3.63) is 36.9 Å². The maximum atomic E-state index is 9.46. The van der Waals surface area contributed by atoms with Crippen molar-refractivity contribution in [3.8, 4) is 18.0 Å². The quantitative estimate of drug-likeness (QED) is 0.249. The largest absolute Gasteiger partial charge is 0.492 e. The fraction of sp³-hybridized carbons (Fsp3) is 0.222. The van der Waals surface area contributed by atoms with E-state index in [0.717, 1.165) is 20.0 Å². The Hall–Kier alpha value is -2.77. The number of nitrogens with two attached hydrogens (primary N) is 2. The zero-order chi connectivity index (χ0) is 21.1. The minimum absolute atomic E-state index is 0.000475. The zero-order valence-corrected chi connectivity index (χ0v) is 19.0. The molecule has 2 aromatic rings. The molecule has 2 heterocycles. The van der Waals surface area contributed by atoms with E-state index in [1.165, 1.54) is 0 Å². The Kier molecular flexibility index (Phi) is 6.30. The topological polar surface area (TPSA) is 158 Å². The van der Waals surface area contributed by atoms with Crippen LogP contribution in [0.25, 0.3) is 0 Å². The lowest BCUT2D eigenvalue weighted by Gasteiger charge is -2.27. The van der Waals surface area contributed by atoms with Gasteiger partial charge in [0.2, 0.25) is 5.96 Å². The van der Waals surface area contributed by atoms with E-state index in [2.05, 4.69) is 59.1 Å². The molecule has 29 heavy (non-hydrogen) atoms. The summed E-state index contributed by atoms with van der Waals surface area (Å²) >= 11 is 5.71. The number of rotatable bonds is 4. The summed E-state index contributed by atoms with van der Waals surface area (Å²) in [6.45, 7) is 2.54. The Morgan fingerprint density at radius 2 is 2.14 bits per heavy atom. The maximum Gasteiger partial charge on any atom is 0.211 e. The minimum atomic E-state index is -0.667. The molecule has 0 fully saturated rings. The van der Waals surface area contributed by atoms with Crippen molar-refractivity contribution in [1.29, 1.82) is 10.5 Å². The first-order valence-electron chi connectivity index (χ1n) is 8.51. The lowest BCUT2D eigenvalue weighted by atomic mass is 9.94. The number of fused-ring (bicyclic) bond motifs is 1. The summed E-state index contributed by atoms with van der Waals surface area (Å²) in [5.74, 6) is 1.17. The second-order valence-corrected chi connectivity index (χ2v) is 8.13. The smallest absolute Gasteiger partial charge is 0.211 e. The van der Waals surface area contributed by atoms with Crippen molar-refractivity contribution < 1.29 is 4.74 Å². The highest BCUT2D eigenvalue weighted by Gasteiger charge is 2.32.